The van der Waals surface area contributed by atoms with E-state index in [1.54, 1.807) is 6.07 Å². The number of aliphatic hydroxyl groups is 1. The second-order valence-electron chi connectivity index (χ2n) is 5.46. The van der Waals surface area contributed by atoms with E-state index in [0.717, 1.165) is 16.3 Å². The number of hydrogen-bond acceptors (Lipinski definition) is 3. The second kappa shape index (κ2) is 7.07. The molecule has 0 saturated carbocycles. The van der Waals surface area contributed by atoms with Crippen molar-refractivity contribution in [3.63, 3.8) is 0 Å². The molecule has 3 aromatic rings. The number of rotatable bonds is 5. The Labute approximate surface area is 135 Å². The third kappa shape index (κ3) is 3.76. The predicted octanol–water partition coefficient (Wildman–Crippen LogP) is 3.60. The fourth-order valence-electron chi connectivity index (χ4n) is 2.56. The van der Waals surface area contributed by atoms with Crippen molar-refractivity contribution in [2.45, 2.75) is 12.5 Å². The van der Waals surface area contributed by atoms with Gasteiger partial charge in [-0.1, -0.05) is 60.7 Å². The van der Waals surface area contributed by atoms with Gasteiger partial charge in [-0.25, -0.2) is 4.79 Å². The van der Waals surface area contributed by atoms with E-state index in [2.05, 4.69) is 0 Å². The van der Waals surface area contributed by atoms with Gasteiger partial charge in [0.2, 0.25) is 0 Å². The molecule has 0 radical (unpaired) electrons. The van der Waals surface area contributed by atoms with Gasteiger partial charge in [0.25, 0.3) is 0 Å². The number of hydrogen-bond donors (Lipinski definition) is 1. The first kappa shape index (κ1) is 15.3. The van der Waals surface area contributed by atoms with Crippen molar-refractivity contribution in [2.75, 3.05) is 6.61 Å². The summed E-state index contributed by atoms with van der Waals surface area (Å²) in [6.45, 7) is -0.200. The summed E-state index contributed by atoms with van der Waals surface area (Å²) in [7, 11) is 0. The van der Waals surface area contributed by atoms with Gasteiger partial charge >= 0.3 is 5.97 Å². The maximum absolute atomic E-state index is 12.3. The number of carbonyl (C=O) groups excluding carboxylic acids is 1. The summed E-state index contributed by atoms with van der Waals surface area (Å²) in [5.74, 6) is -0.411. The Kier molecular flexibility index (Phi) is 4.69. The lowest BCUT2D eigenvalue weighted by atomic mass is 10.1. The fraction of sp³-hybridized carbons (Fsp3) is 0.150. The first-order valence-electron chi connectivity index (χ1n) is 7.61. The molecule has 116 valence electrons. The van der Waals surface area contributed by atoms with Crippen molar-refractivity contribution in [1.82, 2.24) is 0 Å². The Hall–Kier alpha value is -2.65. The number of fused-ring (bicyclic) bond motifs is 1. The average Bonchev–Trinajstić information content (AvgIpc) is 2.61. The number of benzene rings is 3. The maximum atomic E-state index is 12.3. The average molecular weight is 306 g/mol. The second-order valence-corrected chi connectivity index (χ2v) is 5.46. The molecule has 0 aromatic heterocycles. The van der Waals surface area contributed by atoms with Crippen LogP contribution in [0.15, 0.2) is 72.8 Å². The van der Waals surface area contributed by atoms with Crippen molar-refractivity contribution in [1.29, 1.82) is 0 Å². The van der Waals surface area contributed by atoms with Gasteiger partial charge in [-0.3, -0.25) is 0 Å². The van der Waals surface area contributed by atoms with Gasteiger partial charge < -0.3 is 9.84 Å². The van der Waals surface area contributed by atoms with E-state index in [1.807, 2.05) is 66.7 Å². The minimum absolute atomic E-state index is 0.200. The predicted molar refractivity (Wildman–Crippen MR) is 90.4 cm³/mol. The van der Waals surface area contributed by atoms with E-state index in [0.29, 0.717) is 12.0 Å². The molecule has 3 heteroatoms. The van der Waals surface area contributed by atoms with Gasteiger partial charge in [-0.05, 0) is 28.5 Å². The summed E-state index contributed by atoms with van der Waals surface area (Å²) >= 11 is 0. The van der Waals surface area contributed by atoms with E-state index < -0.39 is 12.1 Å². The van der Waals surface area contributed by atoms with Crippen molar-refractivity contribution in [3.05, 3.63) is 83.9 Å². The van der Waals surface area contributed by atoms with Crippen LogP contribution < -0.4 is 0 Å². The van der Waals surface area contributed by atoms with Gasteiger partial charge in [-0.15, -0.1) is 0 Å². The van der Waals surface area contributed by atoms with E-state index in [-0.39, 0.29) is 6.61 Å². The largest absolute Gasteiger partial charge is 0.456 e. The Morgan fingerprint density at radius 3 is 2.35 bits per heavy atom. The zero-order chi connectivity index (χ0) is 16.1. The Bertz CT molecular complexity index is 796. The van der Waals surface area contributed by atoms with Crippen LogP contribution in [-0.4, -0.2) is 23.8 Å². The lowest BCUT2D eigenvalue weighted by Gasteiger charge is -2.16. The highest BCUT2D eigenvalue weighted by Gasteiger charge is 2.16. The third-order valence-electron chi connectivity index (χ3n) is 3.77. The molecular formula is C20H18O3. The number of carbonyl (C=O) groups is 1. The summed E-state index contributed by atoms with van der Waals surface area (Å²) in [6, 6.07) is 23.0. The van der Waals surface area contributed by atoms with Crippen LogP contribution >= 0.6 is 0 Å². The van der Waals surface area contributed by atoms with Crippen LogP contribution in [0.3, 0.4) is 0 Å². The molecule has 1 N–H and O–H groups in total. The van der Waals surface area contributed by atoms with E-state index >= 15 is 0 Å². The van der Waals surface area contributed by atoms with E-state index in [1.165, 1.54) is 0 Å². The molecule has 0 aliphatic rings. The lowest BCUT2D eigenvalue weighted by Crippen LogP contribution is -2.24. The SMILES string of the molecule is O=C(O[C@@H](CO)Cc1ccccc1)c1ccc2ccccc2c1. The van der Waals surface area contributed by atoms with Crippen LogP contribution in [-0.2, 0) is 11.2 Å². The van der Waals surface area contributed by atoms with E-state index in [9.17, 15) is 9.90 Å². The zero-order valence-corrected chi connectivity index (χ0v) is 12.7. The van der Waals surface area contributed by atoms with Crippen molar-refractivity contribution < 1.29 is 14.6 Å². The molecule has 23 heavy (non-hydrogen) atoms. The summed E-state index contributed by atoms with van der Waals surface area (Å²) in [5.41, 5.74) is 1.52. The smallest absolute Gasteiger partial charge is 0.338 e. The highest BCUT2D eigenvalue weighted by atomic mass is 16.6. The van der Waals surface area contributed by atoms with Crippen LogP contribution in [0.4, 0.5) is 0 Å². The molecule has 0 spiro atoms. The molecule has 3 nitrogen and oxygen atoms in total. The van der Waals surface area contributed by atoms with Crippen LogP contribution in [0.25, 0.3) is 10.8 Å². The number of esters is 1. The molecule has 0 fully saturated rings. The molecule has 0 aliphatic heterocycles. The minimum Gasteiger partial charge on any atom is -0.456 e. The molecule has 0 heterocycles. The topological polar surface area (TPSA) is 46.5 Å². The zero-order valence-electron chi connectivity index (χ0n) is 12.7. The van der Waals surface area contributed by atoms with Crippen LogP contribution in [0.5, 0.6) is 0 Å². The van der Waals surface area contributed by atoms with Crippen molar-refractivity contribution in [3.8, 4) is 0 Å². The first-order valence-corrected chi connectivity index (χ1v) is 7.61. The van der Waals surface area contributed by atoms with Crippen LogP contribution in [0.1, 0.15) is 15.9 Å². The number of ether oxygens (including phenoxy) is 1. The molecule has 0 bridgehead atoms. The molecule has 3 rings (SSSR count). The third-order valence-corrected chi connectivity index (χ3v) is 3.77. The van der Waals surface area contributed by atoms with Crippen LogP contribution in [0, 0.1) is 0 Å². The molecular weight excluding hydrogens is 288 g/mol. The van der Waals surface area contributed by atoms with Gasteiger partial charge in [0.1, 0.15) is 6.10 Å². The Balaban J connectivity index is 1.73. The molecule has 1 atom stereocenters. The van der Waals surface area contributed by atoms with Crippen molar-refractivity contribution in [2.24, 2.45) is 0 Å². The van der Waals surface area contributed by atoms with Gasteiger partial charge in [0.05, 0.1) is 12.2 Å². The Morgan fingerprint density at radius 1 is 0.913 bits per heavy atom. The van der Waals surface area contributed by atoms with Gasteiger partial charge in [-0.2, -0.15) is 0 Å². The summed E-state index contributed by atoms with van der Waals surface area (Å²) in [5, 5.41) is 11.5. The monoisotopic (exact) mass is 306 g/mol. The Morgan fingerprint density at radius 2 is 1.61 bits per heavy atom. The normalized spacial score (nSPS) is 12.0. The van der Waals surface area contributed by atoms with Crippen molar-refractivity contribution >= 4 is 16.7 Å². The highest BCUT2D eigenvalue weighted by molar-refractivity contribution is 5.95. The standard InChI is InChI=1S/C20H18O3/c21-14-19(12-15-6-2-1-3-7-15)23-20(22)18-11-10-16-8-4-5-9-17(16)13-18/h1-11,13,19,21H,12,14H2/t19-/m1/s1. The van der Waals surface area contributed by atoms with Crippen LogP contribution in [0.2, 0.25) is 0 Å². The number of aliphatic hydroxyl groups excluding tert-OH is 1. The molecule has 0 aliphatic carbocycles. The molecule has 0 saturated heterocycles. The summed E-state index contributed by atoms with van der Waals surface area (Å²) < 4.78 is 5.45. The fourth-order valence-corrected chi connectivity index (χ4v) is 2.56. The van der Waals surface area contributed by atoms with E-state index in [4.69, 9.17) is 4.74 Å². The minimum atomic E-state index is -0.545. The molecule has 0 amide bonds. The molecule has 0 unspecified atom stereocenters. The quantitative estimate of drug-likeness (QED) is 0.733. The summed E-state index contributed by atoms with van der Waals surface area (Å²) in [6.07, 6.45) is -0.0483. The highest BCUT2D eigenvalue weighted by Crippen LogP contribution is 2.17. The van der Waals surface area contributed by atoms with Gasteiger partial charge in [0, 0.05) is 6.42 Å². The van der Waals surface area contributed by atoms with Gasteiger partial charge in [0.15, 0.2) is 0 Å². The first-order chi connectivity index (χ1) is 11.3. The maximum Gasteiger partial charge on any atom is 0.338 e. The summed E-state index contributed by atoms with van der Waals surface area (Å²) in [4.78, 5) is 12.3. The lowest BCUT2D eigenvalue weighted by molar-refractivity contribution is 0.0142. The molecule has 3 aromatic carbocycles.